The lowest BCUT2D eigenvalue weighted by Crippen LogP contribution is -2.44. The number of carbonyl (C=O) groups excluding carboxylic acids is 2. The molecular formula is C26H33N3O5. The van der Waals surface area contributed by atoms with E-state index >= 15 is 0 Å². The molecule has 0 radical (unpaired) electrons. The highest BCUT2D eigenvalue weighted by atomic mass is 16.5. The second-order valence-corrected chi connectivity index (χ2v) is 8.79. The molecule has 0 spiro atoms. The van der Waals surface area contributed by atoms with Crippen molar-refractivity contribution >= 4 is 18.0 Å². The quantitative estimate of drug-likeness (QED) is 0.527. The van der Waals surface area contributed by atoms with E-state index in [9.17, 15) is 14.4 Å². The maximum Gasteiger partial charge on any atom is 0.407 e. The van der Waals surface area contributed by atoms with E-state index in [1.54, 1.807) is 0 Å². The molecule has 3 rings (SSSR count). The fourth-order valence-electron chi connectivity index (χ4n) is 4.22. The van der Waals surface area contributed by atoms with Crippen LogP contribution in [0.1, 0.15) is 36.8 Å². The molecule has 182 valence electrons. The molecule has 1 aliphatic carbocycles. The lowest BCUT2D eigenvalue weighted by atomic mass is 9.98. The molecule has 0 fully saturated rings. The van der Waals surface area contributed by atoms with Crippen LogP contribution in [0.2, 0.25) is 0 Å². The summed E-state index contributed by atoms with van der Waals surface area (Å²) in [7, 11) is 3.72. The van der Waals surface area contributed by atoms with Crippen LogP contribution in [0.15, 0.2) is 48.5 Å². The number of amides is 2. The average Bonchev–Trinajstić information content (AvgIpc) is 3.13. The summed E-state index contributed by atoms with van der Waals surface area (Å²) in [5.41, 5.74) is 4.56. The first-order chi connectivity index (χ1) is 16.3. The average molecular weight is 468 g/mol. The molecule has 1 aliphatic rings. The van der Waals surface area contributed by atoms with Gasteiger partial charge in [0, 0.05) is 31.5 Å². The number of benzene rings is 2. The van der Waals surface area contributed by atoms with E-state index in [1.165, 1.54) is 4.90 Å². The molecular weight excluding hydrogens is 434 g/mol. The maximum atomic E-state index is 12.7. The second kappa shape index (κ2) is 11.7. The highest BCUT2D eigenvalue weighted by Crippen LogP contribution is 2.44. The van der Waals surface area contributed by atoms with Crippen LogP contribution in [-0.2, 0) is 14.3 Å². The van der Waals surface area contributed by atoms with Gasteiger partial charge in [-0.2, -0.15) is 0 Å². The molecule has 0 aliphatic heterocycles. The number of hydrogen-bond acceptors (Lipinski definition) is 5. The molecule has 0 aromatic heterocycles. The van der Waals surface area contributed by atoms with Crippen molar-refractivity contribution in [3.05, 3.63) is 59.7 Å². The normalized spacial score (nSPS) is 13.2. The van der Waals surface area contributed by atoms with Gasteiger partial charge in [0.15, 0.2) is 0 Å². The summed E-state index contributed by atoms with van der Waals surface area (Å²) < 4.78 is 5.58. The maximum absolute atomic E-state index is 12.7. The number of ether oxygens (including phenoxy) is 1. The summed E-state index contributed by atoms with van der Waals surface area (Å²) in [6, 6.07) is 15.8. The van der Waals surface area contributed by atoms with Gasteiger partial charge in [0.2, 0.25) is 5.91 Å². The summed E-state index contributed by atoms with van der Waals surface area (Å²) in [4.78, 5) is 39.7. The highest BCUT2D eigenvalue weighted by Gasteiger charge is 2.29. The summed E-state index contributed by atoms with van der Waals surface area (Å²) in [5.74, 6) is -1.42. The van der Waals surface area contributed by atoms with Gasteiger partial charge in [-0.1, -0.05) is 55.5 Å². The number of hydrogen-bond donors (Lipinski definition) is 2. The van der Waals surface area contributed by atoms with E-state index < -0.39 is 18.1 Å². The van der Waals surface area contributed by atoms with Crippen LogP contribution in [0, 0.1) is 0 Å². The molecule has 0 saturated carbocycles. The van der Waals surface area contributed by atoms with Crippen LogP contribution >= 0.6 is 0 Å². The van der Waals surface area contributed by atoms with E-state index in [2.05, 4.69) is 29.6 Å². The number of carboxylic acid groups (broad SMARTS) is 1. The monoisotopic (exact) mass is 467 g/mol. The molecule has 8 heteroatoms. The molecule has 8 nitrogen and oxygen atoms in total. The van der Waals surface area contributed by atoms with Crippen LogP contribution in [0.4, 0.5) is 4.79 Å². The second-order valence-electron chi connectivity index (χ2n) is 8.79. The number of aliphatic carboxylic acids is 1. The first kappa shape index (κ1) is 25.2. The molecule has 0 saturated heterocycles. The van der Waals surface area contributed by atoms with Crippen LogP contribution < -0.4 is 5.32 Å². The smallest absolute Gasteiger partial charge is 0.407 e. The summed E-state index contributed by atoms with van der Waals surface area (Å²) in [6.07, 6.45) is -0.0501. The van der Waals surface area contributed by atoms with Crippen molar-refractivity contribution in [3.63, 3.8) is 0 Å². The Balaban J connectivity index is 1.58. The molecule has 34 heavy (non-hydrogen) atoms. The standard InChI is InChI=1S/C26H33N3O5/c1-4-18(15-24(30)29(16-25(31)32)14-13-28(2)3)27-26(33)34-17-23-21-11-7-5-9-19(21)20-10-6-8-12-22(20)23/h5-12,18,23H,4,13-17H2,1-3H3,(H,27,33)(H,31,32). The highest BCUT2D eigenvalue weighted by molar-refractivity contribution is 5.82. The number of nitrogens with one attached hydrogen (secondary N) is 1. The number of carboxylic acids is 1. The van der Waals surface area contributed by atoms with Gasteiger partial charge in [-0.05, 0) is 42.8 Å². The van der Waals surface area contributed by atoms with Gasteiger partial charge in [0.05, 0.1) is 0 Å². The SMILES string of the molecule is CCC(CC(=O)N(CCN(C)C)CC(=O)O)NC(=O)OCC1c2ccccc2-c2ccccc21. The van der Waals surface area contributed by atoms with Gasteiger partial charge in [-0.15, -0.1) is 0 Å². The summed E-state index contributed by atoms with van der Waals surface area (Å²) >= 11 is 0. The Bertz CT molecular complexity index is 978. The Morgan fingerprint density at radius 2 is 1.59 bits per heavy atom. The van der Waals surface area contributed by atoms with E-state index in [4.69, 9.17) is 9.84 Å². The summed E-state index contributed by atoms with van der Waals surface area (Å²) in [6.45, 7) is 2.55. The predicted octanol–water partition coefficient (Wildman–Crippen LogP) is 3.17. The van der Waals surface area contributed by atoms with Crippen molar-refractivity contribution in [2.45, 2.75) is 31.7 Å². The number of nitrogens with zero attached hydrogens (tertiary/aromatic N) is 2. The van der Waals surface area contributed by atoms with Crippen molar-refractivity contribution in [3.8, 4) is 11.1 Å². The van der Waals surface area contributed by atoms with Crippen molar-refractivity contribution in [1.82, 2.24) is 15.1 Å². The van der Waals surface area contributed by atoms with Gasteiger partial charge in [-0.3, -0.25) is 9.59 Å². The molecule has 2 aromatic rings. The lowest BCUT2D eigenvalue weighted by Gasteiger charge is -2.25. The molecule has 1 unspecified atom stereocenters. The minimum atomic E-state index is -1.07. The van der Waals surface area contributed by atoms with E-state index in [-0.39, 0.29) is 31.4 Å². The van der Waals surface area contributed by atoms with Gasteiger partial charge >= 0.3 is 12.1 Å². The third kappa shape index (κ3) is 6.35. The minimum absolute atomic E-state index is 0.0153. The molecule has 1 atom stereocenters. The Kier molecular flexibility index (Phi) is 8.65. The largest absolute Gasteiger partial charge is 0.480 e. The van der Waals surface area contributed by atoms with Crippen LogP contribution in [0.25, 0.3) is 11.1 Å². The Morgan fingerprint density at radius 1 is 1.00 bits per heavy atom. The van der Waals surface area contributed by atoms with Crippen molar-refractivity contribution in [2.24, 2.45) is 0 Å². The van der Waals surface area contributed by atoms with E-state index in [1.807, 2.05) is 50.2 Å². The summed E-state index contributed by atoms with van der Waals surface area (Å²) in [5, 5.41) is 11.9. The zero-order valence-corrected chi connectivity index (χ0v) is 20.0. The molecule has 2 amide bonds. The Morgan fingerprint density at radius 3 is 2.12 bits per heavy atom. The molecule has 0 bridgehead atoms. The van der Waals surface area contributed by atoms with Crippen LogP contribution in [-0.4, -0.2) is 79.3 Å². The van der Waals surface area contributed by atoms with Gasteiger partial charge in [-0.25, -0.2) is 4.79 Å². The van der Waals surface area contributed by atoms with Gasteiger partial charge in [0.25, 0.3) is 0 Å². The first-order valence-corrected chi connectivity index (χ1v) is 11.6. The number of alkyl carbamates (subject to hydrolysis) is 1. The zero-order chi connectivity index (χ0) is 24.7. The number of rotatable bonds is 11. The van der Waals surface area contributed by atoms with E-state index in [0.717, 1.165) is 22.3 Å². The topological polar surface area (TPSA) is 99.2 Å². The first-order valence-electron chi connectivity index (χ1n) is 11.6. The fraction of sp³-hybridized carbons (Fsp3) is 0.423. The lowest BCUT2D eigenvalue weighted by molar-refractivity contribution is -0.144. The molecule has 0 heterocycles. The van der Waals surface area contributed by atoms with E-state index in [0.29, 0.717) is 19.5 Å². The third-order valence-corrected chi connectivity index (χ3v) is 6.08. The predicted molar refractivity (Wildman–Crippen MR) is 130 cm³/mol. The minimum Gasteiger partial charge on any atom is -0.480 e. The van der Waals surface area contributed by atoms with Crippen LogP contribution in [0.5, 0.6) is 0 Å². The Hall–Kier alpha value is -3.39. The number of carbonyl (C=O) groups is 3. The Labute approximate surface area is 200 Å². The molecule has 2 aromatic carbocycles. The molecule has 2 N–H and O–H groups in total. The van der Waals surface area contributed by atoms with Crippen molar-refractivity contribution in [2.75, 3.05) is 40.3 Å². The third-order valence-electron chi connectivity index (χ3n) is 6.08. The van der Waals surface area contributed by atoms with Crippen molar-refractivity contribution < 1.29 is 24.2 Å². The number of fused-ring (bicyclic) bond motifs is 3. The van der Waals surface area contributed by atoms with Gasteiger partial charge < -0.3 is 25.0 Å². The number of likely N-dealkylation sites (N-methyl/N-ethyl adjacent to an activating group) is 1. The van der Waals surface area contributed by atoms with Crippen molar-refractivity contribution in [1.29, 1.82) is 0 Å². The van der Waals surface area contributed by atoms with Crippen LogP contribution in [0.3, 0.4) is 0 Å². The fourth-order valence-corrected chi connectivity index (χ4v) is 4.22. The zero-order valence-electron chi connectivity index (χ0n) is 20.0. The van der Waals surface area contributed by atoms with Gasteiger partial charge in [0.1, 0.15) is 13.2 Å².